The van der Waals surface area contributed by atoms with Gasteiger partial charge in [-0.2, -0.15) is 0 Å². The first kappa shape index (κ1) is 24.2. The van der Waals surface area contributed by atoms with E-state index in [0.29, 0.717) is 35.3 Å². The van der Waals surface area contributed by atoms with Gasteiger partial charge in [0.25, 0.3) is 0 Å². The number of carbonyl (C=O) groups is 2. The number of rotatable bonds is 10. The average Bonchev–Trinajstić information content (AvgIpc) is 2.72. The summed E-state index contributed by atoms with van der Waals surface area (Å²) in [4.78, 5) is 27.1. The van der Waals surface area contributed by atoms with E-state index in [4.69, 9.17) is 11.6 Å². The number of thioether (sulfide) groups is 1. The minimum atomic E-state index is -0.624. The SMILES string of the molecule is CC(C)CNC(=O)[C@H](C)N(Cc1ccc(Cl)cc1)C(=O)CSCc1ccccc1F. The molecule has 30 heavy (non-hydrogen) atoms. The predicted molar refractivity (Wildman–Crippen MR) is 122 cm³/mol. The third-order valence-corrected chi connectivity index (χ3v) is 5.78. The lowest BCUT2D eigenvalue weighted by Gasteiger charge is -2.29. The van der Waals surface area contributed by atoms with Crippen LogP contribution in [0.2, 0.25) is 5.02 Å². The number of hydrogen-bond donors (Lipinski definition) is 1. The molecule has 162 valence electrons. The van der Waals surface area contributed by atoms with Gasteiger partial charge in [-0.25, -0.2) is 4.39 Å². The molecule has 2 aromatic rings. The lowest BCUT2D eigenvalue weighted by atomic mass is 10.1. The molecule has 0 saturated heterocycles. The number of carbonyl (C=O) groups excluding carboxylic acids is 2. The molecule has 2 amide bonds. The first-order valence-corrected chi connectivity index (χ1v) is 11.4. The van der Waals surface area contributed by atoms with Crippen molar-refractivity contribution in [3.05, 3.63) is 70.5 Å². The van der Waals surface area contributed by atoms with Crippen molar-refractivity contribution in [3.63, 3.8) is 0 Å². The van der Waals surface area contributed by atoms with Crippen LogP contribution in [0.3, 0.4) is 0 Å². The van der Waals surface area contributed by atoms with Crippen molar-refractivity contribution in [2.75, 3.05) is 12.3 Å². The Bertz CT molecular complexity index is 845. The molecule has 7 heteroatoms. The zero-order chi connectivity index (χ0) is 22.1. The molecule has 0 spiro atoms. The van der Waals surface area contributed by atoms with Gasteiger partial charge in [0.15, 0.2) is 0 Å². The van der Waals surface area contributed by atoms with Crippen LogP contribution in [0.25, 0.3) is 0 Å². The van der Waals surface area contributed by atoms with E-state index in [1.165, 1.54) is 17.8 Å². The molecule has 0 bridgehead atoms. The summed E-state index contributed by atoms with van der Waals surface area (Å²) in [5, 5.41) is 3.50. The van der Waals surface area contributed by atoms with Gasteiger partial charge >= 0.3 is 0 Å². The average molecular weight is 451 g/mol. The van der Waals surface area contributed by atoms with Crippen LogP contribution in [0.5, 0.6) is 0 Å². The molecule has 1 N–H and O–H groups in total. The fraction of sp³-hybridized carbons (Fsp3) is 0.391. The van der Waals surface area contributed by atoms with Crippen molar-refractivity contribution in [2.45, 2.75) is 39.1 Å². The predicted octanol–water partition coefficient (Wildman–Crippen LogP) is 4.90. The van der Waals surface area contributed by atoms with Crippen molar-refractivity contribution >= 4 is 35.2 Å². The maximum Gasteiger partial charge on any atom is 0.242 e. The second kappa shape index (κ2) is 12.0. The largest absolute Gasteiger partial charge is 0.354 e. The van der Waals surface area contributed by atoms with E-state index in [-0.39, 0.29) is 23.4 Å². The van der Waals surface area contributed by atoms with Gasteiger partial charge in [0, 0.05) is 23.9 Å². The molecule has 2 rings (SSSR count). The van der Waals surface area contributed by atoms with Crippen LogP contribution < -0.4 is 5.32 Å². The fourth-order valence-electron chi connectivity index (χ4n) is 2.77. The Hall–Kier alpha value is -2.05. The van der Waals surface area contributed by atoms with E-state index in [9.17, 15) is 14.0 Å². The van der Waals surface area contributed by atoms with Crippen molar-refractivity contribution in [3.8, 4) is 0 Å². The highest BCUT2D eigenvalue weighted by Gasteiger charge is 2.26. The Morgan fingerprint density at radius 1 is 1.10 bits per heavy atom. The van der Waals surface area contributed by atoms with Gasteiger partial charge in [-0.1, -0.05) is 55.8 Å². The lowest BCUT2D eigenvalue weighted by molar-refractivity contribution is -0.138. The molecule has 0 aliphatic rings. The first-order valence-electron chi connectivity index (χ1n) is 9.90. The molecule has 2 aromatic carbocycles. The summed E-state index contributed by atoms with van der Waals surface area (Å²) in [6.07, 6.45) is 0. The summed E-state index contributed by atoms with van der Waals surface area (Å²) in [5.41, 5.74) is 1.44. The summed E-state index contributed by atoms with van der Waals surface area (Å²) < 4.78 is 13.8. The van der Waals surface area contributed by atoms with E-state index in [2.05, 4.69) is 5.32 Å². The van der Waals surface area contributed by atoms with Crippen molar-refractivity contribution in [1.82, 2.24) is 10.2 Å². The summed E-state index contributed by atoms with van der Waals surface area (Å²) in [6, 6.07) is 13.1. The number of nitrogens with zero attached hydrogens (tertiary/aromatic N) is 1. The second-order valence-electron chi connectivity index (χ2n) is 7.55. The van der Waals surface area contributed by atoms with Crippen LogP contribution >= 0.6 is 23.4 Å². The maximum absolute atomic E-state index is 13.8. The van der Waals surface area contributed by atoms with Crippen molar-refractivity contribution in [1.29, 1.82) is 0 Å². The molecular formula is C23H28ClFN2O2S. The Labute approximate surface area is 187 Å². The third-order valence-electron chi connectivity index (χ3n) is 4.56. The van der Waals surface area contributed by atoms with Gasteiger partial charge in [0.1, 0.15) is 11.9 Å². The minimum absolute atomic E-state index is 0.156. The van der Waals surface area contributed by atoms with Crippen LogP contribution in [-0.2, 0) is 21.9 Å². The van der Waals surface area contributed by atoms with E-state index >= 15 is 0 Å². The summed E-state index contributed by atoms with van der Waals surface area (Å²) >= 11 is 7.29. The van der Waals surface area contributed by atoms with Crippen molar-refractivity contribution < 1.29 is 14.0 Å². The Morgan fingerprint density at radius 3 is 2.40 bits per heavy atom. The van der Waals surface area contributed by atoms with Gasteiger partial charge in [-0.15, -0.1) is 11.8 Å². The number of benzene rings is 2. The van der Waals surface area contributed by atoms with E-state index < -0.39 is 6.04 Å². The quantitative estimate of drug-likeness (QED) is 0.560. The van der Waals surface area contributed by atoms with Crippen LogP contribution in [-0.4, -0.2) is 35.1 Å². The minimum Gasteiger partial charge on any atom is -0.354 e. The molecule has 0 unspecified atom stereocenters. The molecule has 4 nitrogen and oxygen atoms in total. The molecule has 0 fully saturated rings. The topological polar surface area (TPSA) is 49.4 Å². The normalized spacial score (nSPS) is 11.9. The fourth-order valence-corrected chi connectivity index (χ4v) is 3.79. The smallest absolute Gasteiger partial charge is 0.242 e. The second-order valence-corrected chi connectivity index (χ2v) is 8.97. The molecule has 1 atom stereocenters. The van der Waals surface area contributed by atoms with Gasteiger partial charge in [0.2, 0.25) is 11.8 Å². The van der Waals surface area contributed by atoms with E-state index in [1.54, 1.807) is 42.2 Å². The zero-order valence-electron chi connectivity index (χ0n) is 17.5. The number of halogens is 2. The Balaban J connectivity index is 2.06. The summed E-state index contributed by atoms with van der Waals surface area (Å²) in [5.74, 6) is 0.226. The van der Waals surface area contributed by atoms with Crippen molar-refractivity contribution in [2.24, 2.45) is 5.92 Å². The molecule has 0 aliphatic heterocycles. The molecule has 0 saturated carbocycles. The van der Waals surface area contributed by atoms with Gasteiger partial charge in [-0.05, 0) is 42.2 Å². The summed E-state index contributed by atoms with van der Waals surface area (Å²) in [7, 11) is 0. The highest BCUT2D eigenvalue weighted by atomic mass is 35.5. The molecule has 0 heterocycles. The van der Waals surface area contributed by atoms with E-state index in [0.717, 1.165) is 5.56 Å². The maximum atomic E-state index is 13.8. The van der Waals surface area contributed by atoms with Gasteiger partial charge in [-0.3, -0.25) is 9.59 Å². The van der Waals surface area contributed by atoms with Crippen LogP contribution in [0.4, 0.5) is 4.39 Å². The molecule has 0 aromatic heterocycles. The standard InChI is InChI=1S/C23H28ClFN2O2S/c1-16(2)12-26-23(29)17(3)27(13-18-8-10-20(24)11-9-18)22(28)15-30-14-19-6-4-5-7-21(19)25/h4-11,16-17H,12-15H2,1-3H3,(H,26,29)/t17-/m0/s1. The lowest BCUT2D eigenvalue weighted by Crippen LogP contribution is -2.48. The Kier molecular flexibility index (Phi) is 9.66. The highest BCUT2D eigenvalue weighted by Crippen LogP contribution is 2.18. The van der Waals surface area contributed by atoms with Crippen LogP contribution in [0.15, 0.2) is 48.5 Å². The summed E-state index contributed by atoms with van der Waals surface area (Å²) in [6.45, 7) is 6.60. The highest BCUT2D eigenvalue weighted by molar-refractivity contribution is 7.99. The van der Waals surface area contributed by atoms with E-state index in [1.807, 2.05) is 26.0 Å². The van der Waals surface area contributed by atoms with Gasteiger partial charge < -0.3 is 10.2 Å². The first-order chi connectivity index (χ1) is 14.3. The molecule has 0 aliphatic carbocycles. The molecule has 0 radical (unpaired) electrons. The van der Waals surface area contributed by atoms with Crippen LogP contribution in [0.1, 0.15) is 31.9 Å². The number of hydrogen-bond acceptors (Lipinski definition) is 3. The molecular weight excluding hydrogens is 423 g/mol. The Morgan fingerprint density at radius 2 is 1.77 bits per heavy atom. The third kappa shape index (κ3) is 7.65. The monoisotopic (exact) mass is 450 g/mol. The number of nitrogens with one attached hydrogen (secondary N) is 1. The van der Waals surface area contributed by atoms with Gasteiger partial charge in [0.05, 0.1) is 5.75 Å². The number of amides is 2. The zero-order valence-corrected chi connectivity index (χ0v) is 19.1. The van der Waals surface area contributed by atoms with Crippen LogP contribution in [0, 0.1) is 11.7 Å².